The van der Waals surface area contributed by atoms with Crippen molar-refractivity contribution < 1.29 is 9.63 Å². The Kier molecular flexibility index (Phi) is 4.50. The second kappa shape index (κ2) is 5.22. The van der Waals surface area contributed by atoms with E-state index in [1.165, 1.54) is 17.7 Å². The molecule has 0 bridgehead atoms. The number of carbonyl (C=O) groups is 1. The zero-order chi connectivity index (χ0) is 14.1. The lowest BCUT2D eigenvalue weighted by Crippen LogP contribution is -2.39. The Morgan fingerprint density at radius 3 is 2.39 bits per heavy atom. The molecule has 4 heteroatoms. The maximum Gasteiger partial charge on any atom is 0.265 e. The maximum atomic E-state index is 11.8. The van der Waals surface area contributed by atoms with Crippen LogP contribution < -0.4 is 0 Å². The molecule has 0 unspecified atom stereocenters. The van der Waals surface area contributed by atoms with Crippen molar-refractivity contribution in [2.75, 3.05) is 13.0 Å². The zero-order valence-electron chi connectivity index (χ0n) is 12.3. The smallest absolute Gasteiger partial charge is 0.265 e. The molecule has 1 rings (SSSR count). The van der Waals surface area contributed by atoms with Gasteiger partial charge in [-0.2, -0.15) is 5.06 Å². The number of allylic oxidation sites excluding steroid dienone is 2. The molecule has 0 atom stereocenters. The molecule has 18 heavy (non-hydrogen) atoms. The predicted octanol–water partition coefficient (Wildman–Crippen LogP) is 3.74. The SMILES string of the molecule is CON(C(=O)CCl)C1=C(C)C(C)(C)CC(C)(C)C1. The molecule has 0 heterocycles. The fraction of sp³-hybridized carbons (Fsp3) is 0.786. The van der Waals surface area contributed by atoms with E-state index in [0.29, 0.717) is 0 Å². The Bertz CT molecular complexity index is 372. The average molecular weight is 274 g/mol. The minimum absolute atomic E-state index is 0.0640. The quantitative estimate of drug-likeness (QED) is 0.579. The molecule has 0 aliphatic heterocycles. The summed E-state index contributed by atoms with van der Waals surface area (Å²) in [5.74, 6) is -0.270. The molecule has 0 aromatic rings. The molecule has 0 spiro atoms. The number of hydrogen-bond acceptors (Lipinski definition) is 2. The minimum atomic E-state index is -0.206. The summed E-state index contributed by atoms with van der Waals surface area (Å²) < 4.78 is 0. The van der Waals surface area contributed by atoms with Crippen LogP contribution in [0.2, 0.25) is 0 Å². The third-order valence-electron chi connectivity index (χ3n) is 3.78. The van der Waals surface area contributed by atoms with Gasteiger partial charge in [0.2, 0.25) is 0 Å². The molecule has 0 N–H and O–H groups in total. The molecule has 1 aliphatic rings. The van der Waals surface area contributed by atoms with Gasteiger partial charge in [-0.3, -0.25) is 9.63 Å². The molecular formula is C14H24ClNO2. The second-order valence-electron chi connectivity index (χ2n) is 6.48. The first-order chi connectivity index (χ1) is 8.14. The van der Waals surface area contributed by atoms with E-state index in [4.69, 9.17) is 16.4 Å². The van der Waals surface area contributed by atoms with E-state index < -0.39 is 0 Å². The highest BCUT2D eigenvalue weighted by molar-refractivity contribution is 6.27. The van der Waals surface area contributed by atoms with Crippen molar-refractivity contribution in [1.82, 2.24) is 5.06 Å². The highest BCUT2D eigenvalue weighted by Gasteiger charge is 2.40. The van der Waals surface area contributed by atoms with Gasteiger partial charge in [-0.05, 0) is 36.2 Å². The fourth-order valence-electron chi connectivity index (χ4n) is 3.01. The Morgan fingerprint density at radius 1 is 1.39 bits per heavy atom. The summed E-state index contributed by atoms with van der Waals surface area (Å²) in [4.78, 5) is 17.1. The van der Waals surface area contributed by atoms with Crippen molar-refractivity contribution in [3.05, 3.63) is 11.3 Å². The largest absolute Gasteiger partial charge is 0.271 e. The molecule has 0 fully saturated rings. The molecule has 0 radical (unpaired) electrons. The standard InChI is InChI=1S/C14H24ClNO2/c1-10-11(16(18-6)12(17)8-15)7-13(2,3)9-14(10,4)5/h7-9H2,1-6H3. The van der Waals surface area contributed by atoms with Crippen molar-refractivity contribution >= 4 is 17.5 Å². The van der Waals surface area contributed by atoms with Crippen LogP contribution in [0.5, 0.6) is 0 Å². The first-order valence-electron chi connectivity index (χ1n) is 6.28. The molecular weight excluding hydrogens is 250 g/mol. The van der Waals surface area contributed by atoms with Gasteiger partial charge in [0.15, 0.2) is 0 Å². The van der Waals surface area contributed by atoms with Crippen molar-refractivity contribution in [3.63, 3.8) is 0 Å². The number of halogens is 1. The van der Waals surface area contributed by atoms with Crippen molar-refractivity contribution in [3.8, 4) is 0 Å². The molecule has 0 aromatic heterocycles. The fourth-order valence-corrected chi connectivity index (χ4v) is 3.12. The summed E-state index contributed by atoms with van der Waals surface area (Å²) in [5, 5.41) is 1.37. The third-order valence-corrected chi connectivity index (χ3v) is 4.01. The van der Waals surface area contributed by atoms with Crippen LogP contribution in [0.1, 0.15) is 47.5 Å². The monoisotopic (exact) mass is 273 g/mol. The van der Waals surface area contributed by atoms with Gasteiger partial charge in [0, 0.05) is 0 Å². The summed E-state index contributed by atoms with van der Waals surface area (Å²) in [6.07, 6.45) is 1.93. The lowest BCUT2D eigenvalue weighted by atomic mass is 9.64. The van der Waals surface area contributed by atoms with E-state index in [1.807, 2.05) is 0 Å². The maximum absolute atomic E-state index is 11.8. The van der Waals surface area contributed by atoms with Crippen LogP contribution in [0, 0.1) is 10.8 Å². The van der Waals surface area contributed by atoms with E-state index in [1.54, 1.807) is 0 Å². The first-order valence-corrected chi connectivity index (χ1v) is 6.81. The Morgan fingerprint density at radius 2 is 1.94 bits per heavy atom. The van der Waals surface area contributed by atoms with Crippen LogP contribution in [-0.4, -0.2) is 24.0 Å². The summed E-state index contributed by atoms with van der Waals surface area (Å²) in [7, 11) is 1.51. The molecule has 0 saturated carbocycles. The van der Waals surface area contributed by atoms with Crippen LogP contribution in [0.15, 0.2) is 11.3 Å². The number of amides is 1. The van der Waals surface area contributed by atoms with Crippen molar-refractivity contribution in [1.29, 1.82) is 0 Å². The summed E-state index contributed by atoms with van der Waals surface area (Å²) >= 11 is 5.64. The normalized spacial score (nSPS) is 21.9. The summed E-state index contributed by atoms with van der Waals surface area (Å²) in [6, 6.07) is 0. The number of nitrogens with zero attached hydrogens (tertiary/aromatic N) is 1. The molecule has 0 aromatic carbocycles. The summed E-state index contributed by atoms with van der Waals surface area (Å²) in [5.41, 5.74) is 2.40. The highest BCUT2D eigenvalue weighted by Crippen LogP contribution is 2.49. The number of hydrogen-bond donors (Lipinski definition) is 0. The lowest BCUT2D eigenvalue weighted by Gasteiger charge is -2.44. The van der Waals surface area contributed by atoms with Crippen molar-refractivity contribution in [2.45, 2.75) is 47.5 Å². The van der Waals surface area contributed by atoms with Gasteiger partial charge in [0.05, 0.1) is 12.8 Å². The molecule has 1 aliphatic carbocycles. The number of hydroxylamine groups is 2. The number of carbonyl (C=O) groups excluding carboxylic acids is 1. The van der Waals surface area contributed by atoms with Crippen LogP contribution in [-0.2, 0) is 9.63 Å². The van der Waals surface area contributed by atoms with E-state index in [2.05, 4.69) is 34.6 Å². The highest BCUT2D eigenvalue weighted by atomic mass is 35.5. The van der Waals surface area contributed by atoms with Crippen molar-refractivity contribution in [2.24, 2.45) is 10.8 Å². The zero-order valence-corrected chi connectivity index (χ0v) is 13.0. The van der Waals surface area contributed by atoms with Gasteiger partial charge in [-0.15, -0.1) is 11.6 Å². The third kappa shape index (κ3) is 3.07. The Labute approximate surface area is 115 Å². The van der Waals surface area contributed by atoms with Gasteiger partial charge in [-0.1, -0.05) is 27.7 Å². The molecule has 0 saturated heterocycles. The van der Waals surface area contributed by atoms with Crippen LogP contribution in [0.25, 0.3) is 0 Å². The first kappa shape index (κ1) is 15.5. The van der Waals surface area contributed by atoms with Gasteiger partial charge in [0.1, 0.15) is 5.88 Å². The Hall–Kier alpha value is -0.540. The van der Waals surface area contributed by atoms with Crippen LogP contribution >= 0.6 is 11.6 Å². The van der Waals surface area contributed by atoms with Gasteiger partial charge >= 0.3 is 0 Å². The number of alkyl halides is 1. The predicted molar refractivity (Wildman–Crippen MR) is 74.1 cm³/mol. The Balaban J connectivity index is 3.22. The molecule has 1 amide bonds. The van der Waals surface area contributed by atoms with Gasteiger partial charge in [0.25, 0.3) is 5.91 Å². The van der Waals surface area contributed by atoms with E-state index in [9.17, 15) is 4.79 Å². The number of rotatable bonds is 3. The van der Waals surface area contributed by atoms with Gasteiger partial charge in [-0.25, -0.2) is 0 Å². The molecule has 104 valence electrons. The minimum Gasteiger partial charge on any atom is -0.271 e. The van der Waals surface area contributed by atoms with Crippen LogP contribution in [0.4, 0.5) is 0 Å². The van der Waals surface area contributed by atoms with E-state index in [0.717, 1.165) is 18.5 Å². The lowest BCUT2D eigenvalue weighted by molar-refractivity contribution is -0.165. The topological polar surface area (TPSA) is 29.5 Å². The summed E-state index contributed by atoms with van der Waals surface area (Å²) in [6.45, 7) is 10.9. The van der Waals surface area contributed by atoms with E-state index in [-0.39, 0.29) is 22.6 Å². The van der Waals surface area contributed by atoms with Gasteiger partial charge < -0.3 is 0 Å². The molecule has 3 nitrogen and oxygen atoms in total. The second-order valence-corrected chi connectivity index (χ2v) is 6.74. The average Bonchev–Trinajstić information content (AvgIpc) is 2.24. The van der Waals surface area contributed by atoms with E-state index >= 15 is 0 Å². The van der Waals surface area contributed by atoms with Crippen LogP contribution in [0.3, 0.4) is 0 Å².